The number of aryl methyl sites for hydroxylation is 3. The lowest BCUT2D eigenvalue weighted by Crippen LogP contribution is -2.49. The van der Waals surface area contributed by atoms with Gasteiger partial charge in [-0.1, -0.05) is 42.5 Å². The van der Waals surface area contributed by atoms with Crippen molar-refractivity contribution < 1.29 is 4.79 Å². The van der Waals surface area contributed by atoms with E-state index in [1.54, 1.807) is 0 Å². The van der Waals surface area contributed by atoms with Crippen LogP contribution in [0.5, 0.6) is 0 Å². The quantitative estimate of drug-likeness (QED) is 0.863. The number of hydrogen-bond acceptors (Lipinski definition) is 2. The van der Waals surface area contributed by atoms with Crippen LogP contribution in [0.15, 0.2) is 42.5 Å². The number of carbonyl (C=O) groups excluding carboxylic acids is 1. The molecule has 0 saturated carbocycles. The van der Waals surface area contributed by atoms with Crippen LogP contribution < -0.4 is 4.90 Å². The van der Waals surface area contributed by atoms with E-state index in [0.29, 0.717) is 6.42 Å². The molecule has 0 radical (unpaired) electrons. The van der Waals surface area contributed by atoms with Gasteiger partial charge in [-0.3, -0.25) is 4.79 Å². The molecule has 24 heavy (non-hydrogen) atoms. The van der Waals surface area contributed by atoms with Gasteiger partial charge in [0.05, 0.1) is 6.42 Å². The molecule has 0 aliphatic carbocycles. The highest BCUT2D eigenvalue weighted by Gasteiger charge is 2.23. The fourth-order valence-corrected chi connectivity index (χ4v) is 3.57. The van der Waals surface area contributed by atoms with Gasteiger partial charge in [-0.25, -0.2) is 0 Å². The summed E-state index contributed by atoms with van der Waals surface area (Å²) in [6.07, 6.45) is 0.510. The van der Waals surface area contributed by atoms with Gasteiger partial charge in [0.25, 0.3) is 0 Å². The molecule has 1 aliphatic heterocycles. The number of piperazine rings is 1. The molecule has 126 valence electrons. The molecule has 1 saturated heterocycles. The minimum absolute atomic E-state index is 0.241. The number of carbonyl (C=O) groups is 1. The molecular weight excluding hydrogens is 296 g/mol. The van der Waals surface area contributed by atoms with Crippen molar-refractivity contribution in [1.29, 1.82) is 0 Å². The summed E-state index contributed by atoms with van der Waals surface area (Å²) in [6, 6.07) is 14.6. The van der Waals surface area contributed by atoms with E-state index >= 15 is 0 Å². The summed E-state index contributed by atoms with van der Waals surface area (Å²) < 4.78 is 0. The number of anilines is 1. The molecule has 0 unspecified atom stereocenters. The highest BCUT2D eigenvalue weighted by Crippen LogP contribution is 2.25. The molecule has 3 heteroatoms. The first-order chi connectivity index (χ1) is 11.6. The number of amides is 1. The normalized spacial score (nSPS) is 14.8. The average Bonchev–Trinajstić information content (AvgIpc) is 2.57. The van der Waals surface area contributed by atoms with Gasteiger partial charge in [0.15, 0.2) is 0 Å². The van der Waals surface area contributed by atoms with Gasteiger partial charge in [0.2, 0.25) is 5.91 Å². The fourth-order valence-electron chi connectivity index (χ4n) is 3.57. The second-order valence-corrected chi connectivity index (χ2v) is 6.71. The first-order valence-electron chi connectivity index (χ1n) is 8.69. The maximum atomic E-state index is 12.6. The lowest BCUT2D eigenvalue weighted by molar-refractivity contribution is -0.130. The summed E-state index contributed by atoms with van der Waals surface area (Å²) >= 11 is 0. The minimum atomic E-state index is 0.241. The van der Waals surface area contributed by atoms with Gasteiger partial charge in [0, 0.05) is 31.9 Å². The number of rotatable bonds is 3. The van der Waals surface area contributed by atoms with Crippen LogP contribution in [0.2, 0.25) is 0 Å². The first kappa shape index (κ1) is 16.6. The molecule has 2 aromatic carbocycles. The molecule has 0 N–H and O–H groups in total. The number of para-hydroxylation sites is 1. The van der Waals surface area contributed by atoms with Crippen molar-refractivity contribution in [2.24, 2.45) is 0 Å². The summed E-state index contributed by atoms with van der Waals surface area (Å²) in [4.78, 5) is 17.0. The van der Waals surface area contributed by atoms with Gasteiger partial charge in [-0.05, 0) is 43.0 Å². The second-order valence-electron chi connectivity index (χ2n) is 6.71. The standard InChI is InChI=1S/C21H26N2O/c1-16-7-4-5-10-19(16)15-20(24)22-11-13-23(14-12-22)21-17(2)8-6-9-18(21)3/h4-10H,11-15H2,1-3H3. The summed E-state index contributed by atoms with van der Waals surface area (Å²) in [6.45, 7) is 9.82. The molecule has 0 atom stereocenters. The Bertz CT molecular complexity index is 710. The van der Waals surface area contributed by atoms with Crippen LogP contribution in [0, 0.1) is 20.8 Å². The van der Waals surface area contributed by atoms with Crippen LogP contribution in [-0.4, -0.2) is 37.0 Å². The van der Waals surface area contributed by atoms with Crippen molar-refractivity contribution in [3.63, 3.8) is 0 Å². The van der Waals surface area contributed by atoms with Gasteiger partial charge in [-0.15, -0.1) is 0 Å². The monoisotopic (exact) mass is 322 g/mol. The molecular formula is C21H26N2O. The smallest absolute Gasteiger partial charge is 0.227 e. The van der Waals surface area contributed by atoms with E-state index in [9.17, 15) is 4.79 Å². The largest absolute Gasteiger partial charge is 0.368 e. The Morgan fingerprint density at radius 2 is 1.42 bits per heavy atom. The van der Waals surface area contributed by atoms with E-state index in [1.165, 1.54) is 22.4 Å². The minimum Gasteiger partial charge on any atom is -0.368 e. The molecule has 0 spiro atoms. The summed E-state index contributed by atoms with van der Waals surface area (Å²) in [5.41, 5.74) is 6.30. The van der Waals surface area contributed by atoms with E-state index in [2.05, 4.69) is 56.0 Å². The van der Waals surface area contributed by atoms with Crippen molar-refractivity contribution in [3.05, 3.63) is 64.7 Å². The lowest BCUT2D eigenvalue weighted by Gasteiger charge is -2.37. The van der Waals surface area contributed by atoms with Crippen molar-refractivity contribution in [1.82, 2.24) is 4.90 Å². The van der Waals surface area contributed by atoms with Crippen LogP contribution >= 0.6 is 0 Å². The number of hydrogen-bond donors (Lipinski definition) is 0. The van der Waals surface area contributed by atoms with Crippen LogP contribution in [0.1, 0.15) is 22.3 Å². The molecule has 3 rings (SSSR count). The molecule has 0 aromatic heterocycles. The lowest BCUT2D eigenvalue weighted by atomic mass is 10.0. The molecule has 1 amide bonds. The van der Waals surface area contributed by atoms with Crippen molar-refractivity contribution in [3.8, 4) is 0 Å². The number of nitrogens with zero attached hydrogens (tertiary/aromatic N) is 2. The van der Waals surface area contributed by atoms with Crippen molar-refractivity contribution in [2.75, 3.05) is 31.1 Å². The van der Waals surface area contributed by atoms with Crippen LogP contribution in [0.25, 0.3) is 0 Å². The SMILES string of the molecule is Cc1ccccc1CC(=O)N1CCN(c2c(C)cccc2C)CC1. The van der Waals surface area contributed by atoms with Crippen LogP contribution in [-0.2, 0) is 11.2 Å². The maximum Gasteiger partial charge on any atom is 0.227 e. The van der Waals surface area contributed by atoms with Crippen LogP contribution in [0.4, 0.5) is 5.69 Å². The Balaban J connectivity index is 1.63. The van der Waals surface area contributed by atoms with Gasteiger partial charge in [-0.2, -0.15) is 0 Å². The maximum absolute atomic E-state index is 12.6. The summed E-state index contributed by atoms with van der Waals surface area (Å²) in [5, 5.41) is 0. The third-order valence-electron chi connectivity index (χ3n) is 4.99. The van der Waals surface area contributed by atoms with E-state index in [4.69, 9.17) is 0 Å². The predicted octanol–water partition coefficient (Wildman–Crippen LogP) is 3.50. The van der Waals surface area contributed by atoms with E-state index in [0.717, 1.165) is 31.7 Å². The first-order valence-corrected chi connectivity index (χ1v) is 8.69. The molecule has 1 heterocycles. The Morgan fingerprint density at radius 3 is 2.04 bits per heavy atom. The average molecular weight is 322 g/mol. The van der Waals surface area contributed by atoms with Gasteiger partial charge in [0.1, 0.15) is 0 Å². The van der Waals surface area contributed by atoms with E-state index < -0.39 is 0 Å². The highest BCUT2D eigenvalue weighted by molar-refractivity contribution is 5.79. The predicted molar refractivity (Wildman–Crippen MR) is 99.6 cm³/mol. The van der Waals surface area contributed by atoms with Crippen LogP contribution in [0.3, 0.4) is 0 Å². The number of benzene rings is 2. The molecule has 1 aliphatic rings. The van der Waals surface area contributed by atoms with Crippen molar-refractivity contribution in [2.45, 2.75) is 27.2 Å². The molecule has 2 aromatic rings. The van der Waals surface area contributed by atoms with Gasteiger partial charge < -0.3 is 9.80 Å². The second kappa shape index (κ2) is 7.08. The third kappa shape index (κ3) is 3.45. The molecule has 1 fully saturated rings. The Hall–Kier alpha value is -2.29. The van der Waals surface area contributed by atoms with E-state index in [-0.39, 0.29) is 5.91 Å². The topological polar surface area (TPSA) is 23.6 Å². The van der Waals surface area contributed by atoms with Gasteiger partial charge >= 0.3 is 0 Å². The zero-order valence-electron chi connectivity index (χ0n) is 14.9. The third-order valence-corrected chi connectivity index (χ3v) is 4.99. The summed E-state index contributed by atoms with van der Waals surface area (Å²) in [5.74, 6) is 0.241. The van der Waals surface area contributed by atoms with E-state index in [1.807, 2.05) is 17.0 Å². The summed E-state index contributed by atoms with van der Waals surface area (Å²) in [7, 11) is 0. The Kier molecular flexibility index (Phi) is 4.89. The van der Waals surface area contributed by atoms with Crippen molar-refractivity contribution >= 4 is 11.6 Å². The Labute approximate surface area is 144 Å². The fraction of sp³-hybridized carbons (Fsp3) is 0.381. The highest BCUT2D eigenvalue weighted by atomic mass is 16.2. The Morgan fingerprint density at radius 1 is 0.833 bits per heavy atom. The zero-order valence-corrected chi connectivity index (χ0v) is 14.9. The zero-order chi connectivity index (χ0) is 17.1. The molecule has 0 bridgehead atoms. The molecule has 3 nitrogen and oxygen atoms in total.